The average molecular weight is 201 g/mol. The van der Waals surface area contributed by atoms with Crippen molar-refractivity contribution in [1.82, 2.24) is 0 Å². The van der Waals surface area contributed by atoms with Gasteiger partial charge in [0.05, 0.1) is 6.26 Å². The van der Waals surface area contributed by atoms with Crippen molar-refractivity contribution in [3.8, 4) is 0 Å². The van der Waals surface area contributed by atoms with Crippen LogP contribution in [0.5, 0.6) is 0 Å². The van der Waals surface area contributed by atoms with Crippen LogP contribution in [0.4, 0.5) is 0 Å². The van der Waals surface area contributed by atoms with E-state index in [0.717, 1.165) is 17.7 Å². The van der Waals surface area contributed by atoms with Gasteiger partial charge < -0.3 is 10.2 Å². The Morgan fingerprint density at radius 2 is 1.93 bits per heavy atom. The maximum absolute atomic E-state index is 6.08. The summed E-state index contributed by atoms with van der Waals surface area (Å²) in [6.07, 6.45) is 2.42. The fourth-order valence-electron chi connectivity index (χ4n) is 1.58. The number of rotatable bonds is 3. The molecule has 0 aliphatic carbocycles. The van der Waals surface area contributed by atoms with E-state index in [1.807, 2.05) is 12.1 Å². The third-order valence-corrected chi connectivity index (χ3v) is 2.51. The summed E-state index contributed by atoms with van der Waals surface area (Å²) in [4.78, 5) is 0. The van der Waals surface area contributed by atoms with E-state index in [2.05, 4.69) is 31.2 Å². The molecule has 1 aromatic carbocycles. The van der Waals surface area contributed by atoms with Crippen LogP contribution in [0.3, 0.4) is 0 Å². The highest BCUT2D eigenvalue weighted by molar-refractivity contribution is 5.24. The van der Waals surface area contributed by atoms with E-state index < -0.39 is 0 Å². The number of benzene rings is 1. The molecule has 1 heterocycles. The molecule has 2 N–H and O–H groups in total. The monoisotopic (exact) mass is 201 g/mol. The highest BCUT2D eigenvalue weighted by Gasteiger charge is 2.08. The summed E-state index contributed by atoms with van der Waals surface area (Å²) >= 11 is 0. The van der Waals surface area contributed by atoms with Gasteiger partial charge in [0.25, 0.3) is 0 Å². The lowest BCUT2D eigenvalue weighted by atomic mass is 10.0. The quantitative estimate of drug-likeness (QED) is 0.829. The standard InChI is InChI=1S/C13H15NO/c1-10-4-6-11(7-5-10)13(14)9-12-3-2-8-15-12/h2-8,13H,9,14H2,1H3. The van der Waals surface area contributed by atoms with Crippen LogP contribution in [0.15, 0.2) is 47.1 Å². The fraction of sp³-hybridized carbons (Fsp3) is 0.231. The largest absolute Gasteiger partial charge is 0.469 e. The Bertz CT molecular complexity index is 403. The molecule has 0 saturated heterocycles. The lowest BCUT2D eigenvalue weighted by Gasteiger charge is -2.10. The molecule has 2 aromatic rings. The molecule has 0 saturated carbocycles. The molecular weight excluding hydrogens is 186 g/mol. The Labute approximate surface area is 89.7 Å². The van der Waals surface area contributed by atoms with Gasteiger partial charge >= 0.3 is 0 Å². The van der Waals surface area contributed by atoms with Crippen LogP contribution in [-0.2, 0) is 6.42 Å². The van der Waals surface area contributed by atoms with E-state index in [4.69, 9.17) is 10.2 Å². The van der Waals surface area contributed by atoms with Gasteiger partial charge in [-0.25, -0.2) is 0 Å². The van der Waals surface area contributed by atoms with Gasteiger partial charge in [-0.2, -0.15) is 0 Å². The first-order valence-corrected chi connectivity index (χ1v) is 5.10. The summed E-state index contributed by atoms with van der Waals surface area (Å²) < 4.78 is 5.27. The molecule has 0 aliphatic heterocycles. The molecule has 15 heavy (non-hydrogen) atoms. The van der Waals surface area contributed by atoms with Gasteiger partial charge in [-0.05, 0) is 24.6 Å². The fourth-order valence-corrected chi connectivity index (χ4v) is 1.58. The lowest BCUT2D eigenvalue weighted by molar-refractivity contribution is 0.488. The number of aryl methyl sites for hydroxylation is 1. The number of nitrogens with two attached hydrogens (primary N) is 1. The first-order valence-electron chi connectivity index (χ1n) is 5.10. The third-order valence-electron chi connectivity index (χ3n) is 2.51. The molecule has 1 atom stereocenters. The van der Waals surface area contributed by atoms with Gasteiger partial charge in [-0.15, -0.1) is 0 Å². The van der Waals surface area contributed by atoms with Crippen LogP contribution in [0, 0.1) is 6.92 Å². The Hall–Kier alpha value is -1.54. The Morgan fingerprint density at radius 3 is 2.53 bits per heavy atom. The third kappa shape index (κ3) is 2.48. The van der Waals surface area contributed by atoms with Crippen LogP contribution in [0.1, 0.15) is 22.9 Å². The Morgan fingerprint density at radius 1 is 1.20 bits per heavy atom. The minimum atomic E-state index is 0.0109. The average Bonchev–Trinajstić information content (AvgIpc) is 2.71. The van der Waals surface area contributed by atoms with E-state index in [1.165, 1.54) is 5.56 Å². The molecule has 0 radical (unpaired) electrons. The Balaban J connectivity index is 2.08. The summed E-state index contributed by atoms with van der Waals surface area (Å²) in [6.45, 7) is 2.07. The normalized spacial score (nSPS) is 12.7. The van der Waals surface area contributed by atoms with E-state index in [9.17, 15) is 0 Å². The molecule has 2 heteroatoms. The first kappa shape index (κ1) is 9.99. The molecular formula is C13H15NO. The van der Waals surface area contributed by atoms with Gasteiger partial charge in [-0.1, -0.05) is 29.8 Å². The molecule has 0 fully saturated rings. The molecule has 1 unspecified atom stereocenters. The molecule has 0 bridgehead atoms. The van der Waals surface area contributed by atoms with Crippen LogP contribution in [-0.4, -0.2) is 0 Å². The van der Waals surface area contributed by atoms with Crippen molar-refractivity contribution in [1.29, 1.82) is 0 Å². The van der Waals surface area contributed by atoms with E-state index >= 15 is 0 Å². The summed E-state index contributed by atoms with van der Waals surface area (Å²) in [5, 5.41) is 0. The summed E-state index contributed by atoms with van der Waals surface area (Å²) in [7, 11) is 0. The van der Waals surface area contributed by atoms with Gasteiger partial charge in [0, 0.05) is 12.5 Å². The summed E-state index contributed by atoms with van der Waals surface area (Å²) in [5.74, 6) is 0.933. The maximum atomic E-state index is 6.08. The second-order valence-corrected chi connectivity index (χ2v) is 3.80. The second kappa shape index (κ2) is 4.32. The van der Waals surface area contributed by atoms with E-state index in [1.54, 1.807) is 6.26 Å². The molecule has 2 nitrogen and oxygen atoms in total. The van der Waals surface area contributed by atoms with Gasteiger partial charge in [0.1, 0.15) is 5.76 Å². The number of hydrogen-bond donors (Lipinski definition) is 1. The van der Waals surface area contributed by atoms with Crippen LogP contribution in [0.2, 0.25) is 0 Å². The topological polar surface area (TPSA) is 39.2 Å². The minimum Gasteiger partial charge on any atom is -0.469 e. The minimum absolute atomic E-state index is 0.0109. The second-order valence-electron chi connectivity index (χ2n) is 3.80. The molecule has 2 rings (SSSR count). The lowest BCUT2D eigenvalue weighted by Crippen LogP contribution is -2.12. The maximum Gasteiger partial charge on any atom is 0.105 e. The van der Waals surface area contributed by atoms with Crippen molar-refractivity contribution in [3.05, 3.63) is 59.5 Å². The van der Waals surface area contributed by atoms with Gasteiger partial charge in [-0.3, -0.25) is 0 Å². The molecule has 0 aliphatic rings. The molecule has 0 spiro atoms. The first-order chi connectivity index (χ1) is 7.25. The van der Waals surface area contributed by atoms with Crippen LogP contribution in [0.25, 0.3) is 0 Å². The Kier molecular flexibility index (Phi) is 2.88. The van der Waals surface area contributed by atoms with Crippen molar-refractivity contribution in [3.63, 3.8) is 0 Å². The molecule has 78 valence electrons. The summed E-state index contributed by atoms with van der Waals surface area (Å²) in [6, 6.07) is 12.2. The van der Waals surface area contributed by atoms with Crippen LogP contribution >= 0.6 is 0 Å². The zero-order chi connectivity index (χ0) is 10.7. The van der Waals surface area contributed by atoms with Crippen molar-refractivity contribution in [2.75, 3.05) is 0 Å². The number of furan rings is 1. The predicted molar refractivity (Wildman–Crippen MR) is 60.5 cm³/mol. The van der Waals surface area contributed by atoms with Crippen molar-refractivity contribution < 1.29 is 4.42 Å². The predicted octanol–water partition coefficient (Wildman–Crippen LogP) is 2.83. The van der Waals surface area contributed by atoms with Crippen molar-refractivity contribution in [2.24, 2.45) is 5.73 Å². The van der Waals surface area contributed by atoms with Crippen molar-refractivity contribution >= 4 is 0 Å². The SMILES string of the molecule is Cc1ccc(C(N)Cc2ccco2)cc1. The highest BCUT2D eigenvalue weighted by Crippen LogP contribution is 2.16. The van der Waals surface area contributed by atoms with E-state index in [0.29, 0.717) is 0 Å². The van der Waals surface area contributed by atoms with Crippen molar-refractivity contribution in [2.45, 2.75) is 19.4 Å². The number of hydrogen-bond acceptors (Lipinski definition) is 2. The van der Waals surface area contributed by atoms with Gasteiger partial charge in [0.15, 0.2) is 0 Å². The zero-order valence-corrected chi connectivity index (χ0v) is 8.81. The smallest absolute Gasteiger partial charge is 0.105 e. The zero-order valence-electron chi connectivity index (χ0n) is 8.81. The van der Waals surface area contributed by atoms with Crippen LogP contribution < -0.4 is 5.73 Å². The highest BCUT2D eigenvalue weighted by atomic mass is 16.3. The van der Waals surface area contributed by atoms with Gasteiger partial charge in [0.2, 0.25) is 0 Å². The molecule has 1 aromatic heterocycles. The molecule has 0 amide bonds. The summed E-state index contributed by atoms with van der Waals surface area (Å²) in [5.41, 5.74) is 8.48. The van der Waals surface area contributed by atoms with E-state index in [-0.39, 0.29) is 6.04 Å².